The first-order valence-electron chi connectivity index (χ1n) is 6.01. The summed E-state index contributed by atoms with van der Waals surface area (Å²) in [5.41, 5.74) is 2.32. The Morgan fingerprint density at radius 3 is 2.59 bits per heavy atom. The summed E-state index contributed by atoms with van der Waals surface area (Å²) in [6.45, 7) is 9.58. The van der Waals surface area contributed by atoms with Crippen LogP contribution in [0.15, 0.2) is 18.2 Å². The number of ether oxygens (including phenoxy) is 1. The Kier molecular flexibility index (Phi) is 4.97. The summed E-state index contributed by atoms with van der Waals surface area (Å²) in [6, 6.07) is 6.10. The summed E-state index contributed by atoms with van der Waals surface area (Å²) in [6.07, 6.45) is 0. The van der Waals surface area contributed by atoms with Gasteiger partial charge in [-0.05, 0) is 33.3 Å². The van der Waals surface area contributed by atoms with E-state index in [9.17, 15) is 0 Å². The summed E-state index contributed by atoms with van der Waals surface area (Å²) < 4.78 is 5.59. The Labute approximate surface area is 104 Å². The highest BCUT2D eigenvalue weighted by Crippen LogP contribution is 2.23. The Balaban J connectivity index is 2.79. The molecule has 0 unspecified atom stereocenters. The van der Waals surface area contributed by atoms with Gasteiger partial charge in [0.2, 0.25) is 0 Å². The Hall–Kier alpha value is -1.06. The molecule has 96 valence electrons. The molecule has 0 bridgehead atoms. The quantitative estimate of drug-likeness (QED) is 0.825. The van der Waals surface area contributed by atoms with E-state index in [4.69, 9.17) is 9.84 Å². The van der Waals surface area contributed by atoms with Crippen LogP contribution in [0.3, 0.4) is 0 Å². The van der Waals surface area contributed by atoms with E-state index in [2.05, 4.69) is 32.2 Å². The third-order valence-corrected chi connectivity index (χ3v) is 2.44. The van der Waals surface area contributed by atoms with Crippen LogP contribution in [0.25, 0.3) is 0 Å². The third-order valence-electron chi connectivity index (χ3n) is 2.44. The monoisotopic (exact) mass is 237 g/mol. The fraction of sp³-hybridized carbons (Fsp3) is 0.571. The molecule has 0 aromatic heterocycles. The lowest BCUT2D eigenvalue weighted by Gasteiger charge is -2.22. The van der Waals surface area contributed by atoms with Crippen molar-refractivity contribution in [3.8, 4) is 5.75 Å². The first-order valence-corrected chi connectivity index (χ1v) is 6.01. The topological polar surface area (TPSA) is 41.5 Å². The van der Waals surface area contributed by atoms with Crippen molar-refractivity contribution >= 4 is 0 Å². The smallest absolute Gasteiger partial charge is 0.126 e. The molecule has 0 aliphatic carbocycles. The van der Waals surface area contributed by atoms with E-state index >= 15 is 0 Å². The molecule has 0 aliphatic rings. The molecule has 0 fully saturated rings. The standard InChI is InChI=1S/C14H23NO2/c1-11-6-5-7-12(10-15-14(2,3)4)13(11)17-9-8-16/h5-7,15-16H,8-10H2,1-4H3. The lowest BCUT2D eigenvalue weighted by molar-refractivity contribution is 0.199. The SMILES string of the molecule is Cc1cccc(CNC(C)(C)C)c1OCCO. The second-order valence-electron chi connectivity index (χ2n) is 5.24. The zero-order valence-electron chi connectivity index (χ0n) is 11.2. The summed E-state index contributed by atoms with van der Waals surface area (Å²) in [5.74, 6) is 0.887. The van der Waals surface area contributed by atoms with Gasteiger partial charge in [0.05, 0.1) is 6.61 Å². The fourth-order valence-electron chi connectivity index (χ4n) is 1.57. The molecule has 0 aliphatic heterocycles. The molecule has 0 spiro atoms. The van der Waals surface area contributed by atoms with Crippen molar-refractivity contribution in [2.45, 2.75) is 39.8 Å². The minimum Gasteiger partial charge on any atom is -0.491 e. The van der Waals surface area contributed by atoms with Crippen molar-refractivity contribution < 1.29 is 9.84 Å². The minimum atomic E-state index is 0.0421. The molecule has 0 saturated heterocycles. The van der Waals surface area contributed by atoms with Crippen molar-refractivity contribution in [2.24, 2.45) is 0 Å². The molecule has 0 amide bonds. The van der Waals surface area contributed by atoms with Crippen molar-refractivity contribution in [3.63, 3.8) is 0 Å². The van der Waals surface area contributed by atoms with Gasteiger partial charge >= 0.3 is 0 Å². The van der Waals surface area contributed by atoms with E-state index in [-0.39, 0.29) is 12.1 Å². The number of aryl methyl sites for hydroxylation is 1. The Morgan fingerprint density at radius 1 is 1.29 bits per heavy atom. The zero-order valence-corrected chi connectivity index (χ0v) is 11.2. The Morgan fingerprint density at radius 2 is 2.00 bits per heavy atom. The lowest BCUT2D eigenvalue weighted by atomic mass is 10.1. The van der Waals surface area contributed by atoms with Crippen molar-refractivity contribution in [1.82, 2.24) is 5.32 Å². The number of nitrogens with one attached hydrogen (secondary N) is 1. The molecule has 2 N–H and O–H groups in total. The second-order valence-corrected chi connectivity index (χ2v) is 5.24. The van der Waals surface area contributed by atoms with Crippen LogP contribution in [-0.4, -0.2) is 23.9 Å². The van der Waals surface area contributed by atoms with E-state index in [0.717, 1.165) is 23.4 Å². The molecule has 1 aromatic carbocycles. The molecule has 0 radical (unpaired) electrons. The van der Waals surface area contributed by atoms with Crippen LogP contribution >= 0.6 is 0 Å². The normalized spacial score (nSPS) is 11.6. The molecule has 1 aromatic rings. The average molecular weight is 237 g/mol. The fourth-order valence-corrected chi connectivity index (χ4v) is 1.57. The van der Waals surface area contributed by atoms with Gasteiger partial charge in [0.1, 0.15) is 12.4 Å². The van der Waals surface area contributed by atoms with E-state index in [1.807, 2.05) is 19.1 Å². The van der Waals surface area contributed by atoms with Crippen molar-refractivity contribution in [2.75, 3.05) is 13.2 Å². The second kappa shape index (κ2) is 6.03. The number of para-hydroxylation sites is 1. The molecule has 0 saturated carbocycles. The molecular weight excluding hydrogens is 214 g/mol. The van der Waals surface area contributed by atoms with Crippen LogP contribution < -0.4 is 10.1 Å². The Bertz CT molecular complexity index is 356. The van der Waals surface area contributed by atoms with Crippen LogP contribution in [0.2, 0.25) is 0 Å². The van der Waals surface area contributed by atoms with Gasteiger partial charge in [-0.25, -0.2) is 0 Å². The lowest BCUT2D eigenvalue weighted by Crippen LogP contribution is -2.35. The summed E-state index contributed by atoms with van der Waals surface area (Å²) in [5, 5.41) is 12.3. The summed E-state index contributed by atoms with van der Waals surface area (Å²) >= 11 is 0. The highest BCUT2D eigenvalue weighted by Gasteiger charge is 2.12. The van der Waals surface area contributed by atoms with Gasteiger partial charge in [-0.3, -0.25) is 0 Å². The van der Waals surface area contributed by atoms with Crippen LogP contribution in [0.5, 0.6) is 5.75 Å². The molecule has 17 heavy (non-hydrogen) atoms. The summed E-state index contributed by atoms with van der Waals surface area (Å²) in [4.78, 5) is 0. The predicted molar refractivity (Wildman–Crippen MR) is 70.4 cm³/mol. The predicted octanol–water partition coefficient (Wildman–Crippen LogP) is 2.25. The maximum absolute atomic E-state index is 8.83. The van der Waals surface area contributed by atoms with Crippen LogP contribution in [-0.2, 0) is 6.54 Å². The van der Waals surface area contributed by atoms with Crippen LogP contribution in [0.1, 0.15) is 31.9 Å². The molecule has 0 heterocycles. The van der Waals surface area contributed by atoms with Gasteiger partial charge in [-0.15, -0.1) is 0 Å². The van der Waals surface area contributed by atoms with Crippen molar-refractivity contribution in [3.05, 3.63) is 29.3 Å². The van der Waals surface area contributed by atoms with Crippen LogP contribution in [0, 0.1) is 6.92 Å². The van der Waals surface area contributed by atoms with E-state index in [0.29, 0.717) is 6.61 Å². The number of aliphatic hydroxyl groups excluding tert-OH is 1. The maximum atomic E-state index is 8.83. The van der Waals surface area contributed by atoms with E-state index < -0.39 is 0 Å². The number of aliphatic hydroxyl groups is 1. The minimum absolute atomic E-state index is 0.0421. The maximum Gasteiger partial charge on any atom is 0.126 e. The van der Waals surface area contributed by atoms with Gasteiger partial charge in [-0.1, -0.05) is 18.2 Å². The number of hydrogen-bond acceptors (Lipinski definition) is 3. The molecule has 1 rings (SSSR count). The molecule has 0 atom stereocenters. The van der Waals surface area contributed by atoms with E-state index in [1.54, 1.807) is 0 Å². The van der Waals surface area contributed by atoms with Gasteiger partial charge in [0.25, 0.3) is 0 Å². The van der Waals surface area contributed by atoms with Crippen LogP contribution in [0.4, 0.5) is 0 Å². The number of hydrogen-bond donors (Lipinski definition) is 2. The highest BCUT2D eigenvalue weighted by molar-refractivity contribution is 5.40. The molecular formula is C14H23NO2. The zero-order chi connectivity index (χ0) is 12.9. The largest absolute Gasteiger partial charge is 0.491 e. The highest BCUT2D eigenvalue weighted by atomic mass is 16.5. The van der Waals surface area contributed by atoms with Gasteiger partial charge in [0.15, 0.2) is 0 Å². The van der Waals surface area contributed by atoms with Gasteiger partial charge < -0.3 is 15.2 Å². The first-order chi connectivity index (χ1) is 7.94. The number of rotatable bonds is 5. The first kappa shape index (κ1) is 14.0. The number of benzene rings is 1. The van der Waals surface area contributed by atoms with Gasteiger partial charge in [0, 0.05) is 17.6 Å². The van der Waals surface area contributed by atoms with E-state index in [1.165, 1.54) is 0 Å². The average Bonchev–Trinajstić information content (AvgIpc) is 2.24. The van der Waals surface area contributed by atoms with Gasteiger partial charge in [-0.2, -0.15) is 0 Å². The third kappa shape index (κ3) is 4.75. The molecule has 3 heteroatoms. The van der Waals surface area contributed by atoms with Crippen molar-refractivity contribution in [1.29, 1.82) is 0 Å². The molecule has 3 nitrogen and oxygen atoms in total. The summed E-state index contributed by atoms with van der Waals surface area (Å²) in [7, 11) is 0.